The molecule has 0 fully saturated rings. The molecule has 0 aromatic heterocycles. The van der Waals surface area contributed by atoms with Crippen LogP contribution in [0.25, 0.3) is 21.9 Å². The monoisotopic (exact) mass is 354 g/mol. The topological polar surface area (TPSA) is 18.5 Å². The average molecular weight is 354 g/mol. The Balaban J connectivity index is 2.12. The molecule has 0 radical (unpaired) electrons. The summed E-state index contributed by atoms with van der Waals surface area (Å²) in [6.07, 6.45) is 0. The molecule has 0 aliphatic carbocycles. The van der Waals surface area contributed by atoms with Crippen molar-refractivity contribution in [2.75, 3.05) is 7.11 Å². The van der Waals surface area contributed by atoms with Crippen LogP contribution in [-0.4, -0.2) is 13.7 Å². The summed E-state index contributed by atoms with van der Waals surface area (Å²) in [4.78, 5) is 0. The van der Waals surface area contributed by atoms with E-state index in [1.165, 1.54) is 37.4 Å². The fraction of sp³-hybridized carbons (Fsp3) is 0.111. The van der Waals surface area contributed by atoms with Crippen molar-refractivity contribution in [2.24, 2.45) is 0 Å². The summed E-state index contributed by atoms with van der Waals surface area (Å²) in [6.45, 7) is -3.35. The van der Waals surface area contributed by atoms with Crippen molar-refractivity contribution >= 4 is 10.8 Å². The van der Waals surface area contributed by atoms with E-state index >= 15 is 0 Å². The van der Waals surface area contributed by atoms with Crippen molar-refractivity contribution in [1.29, 1.82) is 0 Å². The van der Waals surface area contributed by atoms with Crippen LogP contribution in [0.5, 0.6) is 11.5 Å². The molecule has 2 nitrogen and oxygen atoms in total. The van der Waals surface area contributed by atoms with Gasteiger partial charge in [-0.25, -0.2) is 13.2 Å². The number of benzene rings is 3. The van der Waals surface area contributed by atoms with E-state index in [4.69, 9.17) is 4.74 Å². The zero-order valence-electron chi connectivity index (χ0n) is 12.8. The SMILES string of the molecule is COc1ccc(-c2ccc3c(F)c(OC(F)F)c(F)cc3c2)c(F)c1. The Labute approximate surface area is 139 Å². The highest BCUT2D eigenvalue weighted by molar-refractivity contribution is 5.89. The Morgan fingerprint density at radius 2 is 1.64 bits per heavy atom. The predicted molar refractivity (Wildman–Crippen MR) is 82.4 cm³/mol. The van der Waals surface area contributed by atoms with Crippen molar-refractivity contribution in [3.8, 4) is 22.6 Å². The quantitative estimate of drug-likeness (QED) is 0.573. The fourth-order valence-corrected chi connectivity index (χ4v) is 2.53. The van der Waals surface area contributed by atoms with Gasteiger partial charge in [-0.15, -0.1) is 0 Å². The molecule has 130 valence electrons. The number of methoxy groups -OCH3 is 1. The second-order valence-corrected chi connectivity index (χ2v) is 5.16. The summed E-state index contributed by atoms with van der Waals surface area (Å²) in [7, 11) is 1.40. The van der Waals surface area contributed by atoms with Crippen LogP contribution in [0.1, 0.15) is 0 Å². The van der Waals surface area contributed by atoms with Crippen LogP contribution in [0, 0.1) is 17.5 Å². The minimum atomic E-state index is -3.35. The minimum Gasteiger partial charge on any atom is -0.497 e. The van der Waals surface area contributed by atoms with Gasteiger partial charge in [0.2, 0.25) is 0 Å². The maximum Gasteiger partial charge on any atom is 0.387 e. The molecule has 0 aliphatic rings. The van der Waals surface area contributed by atoms with Gasteiger partial charge in [0.25, 0.3) is 0 Å². The van der Waals surface area contributed by atoms with Gasteiger partial charge in [0.1, 0.15) is 11.6 Å². The molecule has 0 spiro atoms. The maximum absolute atomic E-state index is 14.2. The molecule has 0 saturated carbocycles. The summed E-state index contributed by atoms with van der Waals surface area (Å²) < 4.78 is 75.6. The molecule has 0 amide bonds. The molecule has 0 atom stereocenters. The third-order valence-electron chi connectivity index (χ3n) is 3.68. The molecule has 25 heavy (non-hydrogen) atoms. The van der Waals surface area contributed by atoms with Crippen LogP contribution in [0.3, 0.4) is 0 Å². The first-order valence-electron chi connectivity index (χ1n) is 7.11. The third-order valence-corrected chi connectivity index (χ3v) is 3.68. The minimum absolute atomic E-state index is 0.0873. The summed E-state index contributed by atoms with van der Waals surface area (Å²) in [5.41, 5.74) is 0.574. The van der Waals surface area contributed by atoms with Crippen LogP contribution in [0.4, 0.5) is 22.0 Å². The summed E-state index contributed by atoms with van der Waals surface area (Å²) in [6, 6.07) is 9.07. The Morgan fingerprint density at radius 3 is 2.28 bits per heavy atom. The molecule has 3 aromatic carbocycles. The lowest BCUT2D eigenvalue weighted by Crippen LogP contribution is -2.06. The van der Waals surface area contributed by atoms with E-state index < -0.39 is 29.8 Å². The standard InChI is InChI=1S/C18H11F5O2/c1-24-11-3-5-12(14(19)8-11)9-2-4-13-10(6-9)7-15(20)17(16(13)21)25-18(22)23/h2-8,18H,1H3. The largest absolute Gasteiger partial charge is 0.497 e. The average Bonchev–Trinajstić information content (AvgIpc) is 2.57. The van der Waals surface area contributed by atoms with Crippen LogP contribution in [0.15, 0.2) is 42.5 Å². The van der Waals surface area contributed by atoms with E-state index in [1.807, 2.05) is 0 Å². The lowest BCUT2D eigenvalue weighted by molar-refractivity contribution is -0.0544. The molecular formula is C18H11F5O2. The van der Waals surface area contributed by atoms with E-state index in [9.17, 15) is 22.0 Å². The molecular weight excluding hydrogens is 343 g/mol. The van der Waals surface area contributed by atoms with Crippen molar-refractivity contribution in [3.63, 3.8) is 0 Å². The van der Waals surface area contributed by atoms with Crippen molar-refractivity contribution < 1.29 is 31.4 Å². The smallest absolute Gasteiger partial charge is 0.387 e. The van der Waals surface area contributed by atoms with Gasteiger partial charge in [-0.1, -0.05) is 12.1 Å². The van der Waals surface area contributed by atoms with Gasteiger partial charge in [0.15, 0.2) is 17.4 Å². The number of hydrogen-bond donors (Lipinski definition) is 0. The molecule has 0 unspecified atom stereocenters. The number of alkyl halides is 2. The molecule has 3 rings (SSSR count). The second-order valence-electron chi connectivity index (χ2n) is 5.16. The normalized spacial score (nSPS) is 11.2. The van der Waals surface area contributed by atoms with Gasteiger partial charge >= 0.3 is 6.61 Å². The first-order chi connectivity index (χ1) is 11.9. The molecule has 7 heteroatoms. The Morgan fingerprint density at radius 1 is 0.880 bits per heavy atom. The van der Waals surface area contributed by atoms with Gasteiger partial charge in [0.05, 0.1) is 7.11 Å². The molecule has 0 aliphatic heterocycles. The van der Waals surface area contributed by atoms with Crippen LogP contribution in [-0.2, 0) is 0 Å². The highest BCUT2D eigenvalue weighted by atomic mass is 19.3. The Bertz CT molecular complexity index is 940. The third kappa shape index (κ3) is 3.22. The molecule has 0 saturated heterocycles. The van der Waals surface area contributed by atoms with Gasteiger partial charge in [-0.2, -0.15) is 8.78 Å². The lowest BCUT2D eigenvalue weighted by Gasteiger charge is -2.11. The van der Waals surface area contributed by atoms with E-state index in [1.54, 1.807) is 6.07 Å². The van der Waals surface area contributed by atoms with Crippen LogP contribution < -0.4 is 9.47 Å². The van der Waals surface area contributed by atoms with E-state index in [0.29, 0.717) is 11.3 Å². The van der Waals surface area contributed by atoms with Crippen molar-refractivity contribution in [3.05, 3.63) is 59.9 Å². The first kappa shape index (κ1) is 17.0. The zero-order valence-corrected chi connectivity index (χ0v) is 12.8. The van der Waals surface area contributed by atoms with Gasteiger partial charge < -0.3 is 9.47 Å². The van der Waals surface area contributed by atoms with E-state index in [0.717, 1.165) is 6.07 Å². The van der Waals surface area contributed by atoms with Gasteiger partial charge in [-0.3, -0.25) is 0 Å². The number of hydrogen-bond acceptors (Lipinski definition) is 2. The molecule has 3 aromatic rings. The zero-order chi connectivity index (χ0) is 18.1. The number of ether oxygens (including phenoxy) is 2. The summed E-state index contributed by atoms with van der Waals surface area (Å²) in [5, 5.41) is -0.0287. The highest BCUT2D eigenvalue weighted by Gasteiger charge is 2.19. The Kier molecular flexibility index (Phi) is 4.48. The molecule has 0 N–H and O–H groups in total. The van der Waals surface area contributed by atoms with Gasteiger partial charge in [0, 0.05) is 17.0 Å². The molecule has 0 bridgehead atoms. The number of halogens is 5. The highest BCUT2D eigenvalue weighted by Crippen LogP contribution is 2.34. The first-order valence-corrected chi connectivity index (χ1v) is 7.11. The second kappa shape index (κ2) is 6.58. The van der Waals surface area contributed by atoms with Crippen LogP contribution in [0.2, 0.25) is 0 Å². The number of fused-ring (bicyclic) bond motifs is 1. The van der Waals surface area contributed by atoms with Crippen LogP contribution >= 0.6 is 0 Å². The van der Waals surface area contributed by atoms with E-state index in [2.05, 4.69) is 4.74 Å². The maximum atomic E-state index is 14.2. The van der Waals surface area contributed by atoms with Crippen molar-refractivity contribution in [2.45, 2.75) is 6.61 Å². The Hall–Kier alpha value is -2.83. The number of rotatable bonds is 4. The lowest BCUT2D eigenvalue weighted by atomic mass is 10.00. The van der Waals surface area contributed by atoms with Crippen molar-refractivity contribution in [1.82, 2.24) is 0 Å². The van der Waals surface area contributed by atoms with Gasteiger partial charge in [-0.05, 0) is 35.2 Å². The summed E-state index contributed by atoms with van der Waals surface area (Å²) in [5.74, 6) is -3.90. The molecule has 0 heterocycles. The summed E-state index contributed by atoms with van der Waals surface area (Å²) >= 11 is 0. The van der Waals surface area contributed by atoms with E-state index in [-0.39, 0.29) is 16.3 Å². The fourth-order valence-electron chi connectivity index (χ4n) is 2.53. The predicted octanol–water partition coefficient (Wildman–Crippen LogP) is 5.53.